The van der Waals surface area contributed by atoms with Gasteiger partial charge in [0.2, 0.25) is 10.0 Å². The Morgan fingerprint density at radius 3 is 2.50 bits per heavy atom. The third-order valence-electron chi connectivity index (χ3n) is 5.49. The third kappa shape index (κ3) is 4.65. The molecule has 2 aromatic carbocycles. The van der Waals surface area contributed by atoms with Crippen LogP contribution in [0.3, 0.4) is 0 Å². The molecular formula is C23H27N3O4S2. The zero-order chi connectivity index (χ0) is 22.9. The SMILES string of the molecule is CCOc1cccc2sc(NC(=O)c3ccc(S(=O)(=O)N4C[C@H](C)C[C@H](C)C4)cc3)nc12. The van der Waals surface area contributed by atoms with Gasteiger partial charge in [-0.3, -0.25) is 10.1 Å². The van der Waals surface area contributed by atoms with Crippen LogP contribution in [0, 0.1) is 11.8 Å². The first-order valence-electron chi connectivity index (χ1n) is 10.7. The summed E-state index contributed by atoms with van der Waals surface area (Å²) in [6, 6.07) is 11.7. The molecule has 1 saturated heterocycles. The van der Waals surface area contributed by atoms with E-state index < -0.39 is 10.0 Å². The van der Waals surface area contributed by atoms with Gasteiger partial charge in [0, 0.05) is 18.7 Å². The molecule has 9 heteroatoms. The number of ether oxygens (including phenoxy) is 1. The molecule has 0 aliphatic carbocycles. The van der Waals surface area contributed by atoms with E-state index in [0.29, 0.717) is 53.5 Å². The molecule has 4 rings (SSSR count). The smallest absolute Gasteiger partial charge is 0.257 e. The standard InChI is InChI=1S/C23H27N3O4S2/c1-4-30-19-6-5-7-20-21(19)24-23(31-20)25-22(27)17-8-10-18(11-9-17)32(28,29)26-13-15(2)12-16(3)14-26/h5-11,15-16H,4,12-14H2,1-3H3,(H,24,25,27)/t15-,16+. The number of rotatable bonds is 6. The van der Waals surface area contributed by atoms with Gasteiger partial charge < -0.3 is 4.74 Å². The van der Waals surface area contributed by atoms with Gasteiger partial charge in [0.05, 0.1) is 16.2 Å². The zero-order valence-corrected chi connectivity index (χ0v) is 20.0. The summed E-state index contributed by atoms with van der Waals surface area (Å²) in [5.74, 6) is 0.995. The number of thiazole rings is 1. The molecule has 1 aliphatic heterocycles. The molecule has 1 amide bonds. The van der Waals surface area contributed by atoms with Gasteiger partial charge >= 0.3 is 0 Å². The minimum absolute atomic E-state index is 0.205. The summed E-state index contributed by atoms with van der Waals surface area (Å²) < 4.78 is 34.1. The number of benzene rings is 2. The molecule has 32 heavy (non-hydrogen) atoms. The van der Waals surface area contributed by atoms with Crippen LogP contribution in [0.15, 0.2) is 47.4 Å². The Balaban J connectivity index is 1.50. The monoisotopic (exact) mass is 473 g/mol. The Hall–Kier alpha value is -2.49. The van der Waals surface area contributed by atoms with Crippen LogP contribution in [-0.4, -0.2) is 43.3 Å². The Morgan fingerprint density at radius 2 is 1.84 bits per heavy atom. The highest BCUT2D eigenvalue weighted by atomic mass is 32.2. The molecular weight excluding hydrogens is 446 g/mol. The fraction of sp³-hybridized carbons (Fsp3) is 0.391. The van der Waals surface area contributed by atoms with Crippen LogP contribution in [0.2, 0.25) is 0 Å². The van der Waals surface area contributed by atoms with E-state index in [1.165, 1.54) is 35.6 Å². The number of piperidine rings is 1. The summed E-state index contributed by atoms with van der Waals surface area (Å²) in [5.41, 5.74) is 1.08. The van der Waals surface area contributed by atoms with Crippen molar-refractivity contribution in [2.45, 2.75) is 32.1 Å². The van der Waals surface area contributed by atoms with Crippen LogP contribution in [0.4, 0.5) is 5.13 Å². The molecule has 3 aromatic rings. The van der Waals surface area contributed by atoms with E-state index in [1.807, 2.05) is 25.1 Å². The summed E-state index contributed by atoms with van der Waals surface area (Å²) in [6.45, 7) is 7.63. The Morgan fingerprint density at radius 1 is 1.16 bits per heavy atom. The van der Waals surface area contributed by atoms with Gasteiger partial charge in [0.1, 0.15) is 11.3 Å². The lowest BCUT2D eigenvalue weighted by Crippen LogP contribution is -2.42. The van der Waals surface area contributed by atoms with Crippen LogP contribution >= 0.6 is 11.3 Å². The molecule has 0 bridgehead atoms. The number of aromatic nitrogens is 1. The molecule has 1 aromatic heterocycles. The number of hydrogen-bond donors (Lipinski definition) is 1. The maximum Gasteiger partial charge on any atom is 0.257 e. The van der Waals surface area contributed by atoms with Crippen molar-refractivity contribution in [3.05, 3.63) is 48.0 Å². The number of amides is 1. The van der Waals surface area contributed by atoms with Gasteiger partial charge in [0.25, 0.3) is 5.91 Å². The Labute approximate surface area is 192 Å². The molecule has 0 radical (unpaired) electrons. The molecule has 170 valence electrons. The first-order valence-corrected chi connectivity index (χ1v) is 13.0. The van der Waals surface area contributed by atoms with Gasteiger partial charge in [-0.1, -0.05) is 31.3 Å². The number of para-hydroxylation sites is 1. The van der Waals surface area contributed by atoms with Crippen molar-refractivity contribution in [1.82, 2.24) is 9.29 Å². The molecule has 2 heterocycles. The highest BCUT2D eigenvalue weighted by Crippen LogP contribution is 2.32. The number of carbonyl (C=O) groups is 1. The molecule has 0 spiro atoms. The first-order chi connectivity index (χ1) is 15.3. The maximum absolute atomic E-state index is 13.0. The maximum atomic E-state index is 13.0. The lowest BCUT2D eigenvalue weighted by Gasteiger charge is -2.34. The summed E-state index contributed by atoms with van der Waals surface area (Å²) >= 11 is 1.36. The van der Waals surface area contributed by atoms with E-state index in [1.54, 1.807) is 4.31 Å². The fourth-order valence-electron chi connectivity index (χ4n) is 4.15. The van der Waals surface area contributed by atoms with E-state index in [-0.39, 0.29) is 10.8 Å². The average molecular weight is 474 g/mol. The number of sulfonamides is 1. The topological polar surface area (TPSA) is 88.6 Å². The number of nitrogens with zero attached hydrogens (tertiary/aromatic N) is 2. The second-order valence-electron chi connectivity index (χ2n) is 8.30. The largest absolute Gasteiger partial charge is 0.492 e. The zero-order valence-electron chi connectivity index (χ0n) is 18.4. The summed E-state index contributed by atoms with van der Waals surface area (Å²) in [6.07, 6.45) is 1.03. The molecule has 1 N–H and O–H groups in total. The van der Waals surface area contributed by atoms with Gasteiger partial charge in [-0.25, -0.2) is 13.4 Å². The highest BCUT2D eigenvalue weighted by molar-refractivity contribution is 7.89. The van der Waals surface area contributed by atoms with E-state index in [2.05, 4.69) is 24.1 Å². The van der Waals surface area contributed by atoms with Crippen molar-refractivity contribution in [3.63, 3.8) is 0 Å². The minimum Gasteiger partial charge on any atom is -0.492 e. The Kier molecular flexibility index (Phi) is 6.50. The first kappa shape index (κ1) is 22.7. The summed E-state index contributed by atoms with van der Waals surface area (Å²) in [4.78, 5) is 17.4. The molecule has 2 atom stereocenters. The van der Waals surface area contributed by atoms with Crippen LogP contribution in [0.25, 0.3) is 10.2 Å². The van der Waals surface area contributed by atoms with E-state index >= 15 is 0 Å². The molecule has 1 aliphatic rings. The van der Waals surface area contributed by atoms with Crippen molar-refractivity contribution >= 4 is 42.6 Å². The average Bonchev–Trinajstić information content (AvgIpc) is 3.17. The molecule has 1 fully saturated rings. The van der Waals surface area contributed by atoms with Gasteiger partial charge in [0.15, 0.2) is 5.13 Å². The molecule has 0 saturated carbocycles. The van der Waals surface area contributed by atoms with Gasteiger partial charge in [-0.2, -0.15) is 4.31 Å². The van der Waals surface area contributed by atoms with Crippen molar-refractivity contribution in [1.29, 1.82) is 0 Å². The third-order valence-corrected chi connectivity index (χ3v) is 8.27. The van der Waals surface area contributed by atoms with E-state index in [4.69, 9.17) is 4.74 Å². The number of hydrogen-bond acceptors (Lipinski definition) is 6. The van der Waals surface area contributed by atoms with Crippen LogP contribution in [-0.2, 0) is 10.0 Å². The normalized spacial score (nSPS) is 19.7. The summed E-state index contributed by atoms with van der Waals surface area (Å²) in [7, 11) is -3.58. The predicted octanol–water partition coefficient (Wildman–Crippen LogP) is 4.61. The second kappa shape index (κ2) is 9.17. The van der Waals surface area contributed by atoms with Gasteiger partial charge in [-0.05, 0) is 61.6 Å². The van der Waals surface area contributed by atoms with Crippen LogP contribution < -0.4 is 10.1 Å². The highest BCUT2D eigenvalue weighted by Gasteiger charge is 2.31. The quantitative estimate of drug-likeness (QED) is 0.565. The van der Waals surface area contributed by atoms with Crippen LogP contribution in [0.5, 0.6) is 5.75 Å². The lowest BCUT2D eigenvalue weighted by molar-refractivity contribution is 0.102. The number of nitrogens with one attached hydrogen (secondary N) is 1. The lowest BCUT2D eigenvalue weighted by atomic mass is 9.94. The van der Waals surface area contributed by atoms with E-state index in [9.17, 15) is 13.2 Å². The van der Waals surface area contributed by atoms with E-state index in [0.717, 1.165) is 11.1 Å². The second-order valence-corrected chi connectivity index (χ2v) is 11.3. The number of carbonyl (C=O) groups excluding carboxylic acids is 1. The van der Waals surface area contributed by atoms with Gasteiger partial charge in [-0.15, -0.1) is 0 Å². The van der Waals surface area contributed by atoms with Crippen molar-refractivity contribution < 1.29 is 17.9 Å². The molecule has 7 nitrogen and oxygen atoms in total. The minimum atomic E-state index is -3.58. The van der Waals surface area contributed by atoms with Crippen molar-refractivity contribution in [3.8, 4) is 5.75 Å². The number of anilines is 1. The van der Waals surface area contributed by atoms with Crippen molar-refractivity contribution in [2.75, 3.05) is 25.0 Å². The fourth-order valence-corrected chi connectivity index (χ4v) is 6.71. The Bertz CT molecular complexity index is 1210. The predicted molar refractivity (Wildman–Crippen MR) is 127 cm³/mol. The van der Waals surface area contributed by atoms with Crippen LogP contribution in [0.1, 0.15) is 37.6 Å². The number of fused-ring (bicyclic) bond motifs is 1. The molecule has 0 unspecified atom stereocenters. The summed E-state index contributed by atoms with van der Waals surface area (Å²) in [5, 5.41) is 3.27. The van der Waals surface area contributed by atoms with Crippen molar-refractivity contribution in [2.24, 2.45) is 11.8 Å².